The summed E-state index contributed by atoms with van der Waals surface area (Å²) in [6.07, 6.45) is 0.469. The molecule has 13 heavy (non-hydrogen) atoms. The van der Waals surface area contributed by atoms with Gasteiger partial charge in [0.25, 0.3) is 0 Å². The van der Waals surface area contributed by atoms with E-state index < -0.39 is 5.54 Å². The second-order valence-corrected chi connectivity index (χ2v) is 4.14. The highest BCUT2D eigenvalue weighted by Crippen LogP contribution is 2.00. The second kappa shape index (κ2) is 5.19. The molecule has 0 aromatic rings. The average Bonchev–Trinajstić information content (AvgIpc) is 2.00. The molecule has 0 spiro atoms. The highest BCUT2D eigenvalue weighted by Gasteiger charge is 2.18. The first-order valence-corrected chi connectivity index (χ1v) is 4.44. The molecule has 0 aliphatic rings. The maximum atomic E-state index is 11.3. The number of nitrogens with one attached hydrogen (secondary N) is 1. The van der Waals surface area contributed by atoms with E-state index in [1.165, 1.54) is 0 Å². The minimum Gasteiger partial charge on any atom is -0.394 e. The van der Waals surface area contributed by atoms with Gasteiger partial charge in [0.05, 0.1) is 12.1 Å². The van der Waals surface area contributed by atoms with Crippen LogP contribution in [-0.2, 0) is 4.79 Å². The molecule has 0 heterocycles. The van der Waals surface area contributed by atoms with E-state index in [-0.39, 0.29) is 12.5 Å². The lowest BCUT2D eigenvalue weighted by Gasteiger charge is -2.23. The van der Waals surface area contributed by atoms with Gasteiger partial charge in [0, 0.05) is 13.0 Å². The fourth-order valence-electron chi connectivity index (χ4n) is 0.805. The number of aliphatic hydroxyl groups excluding tert-OH is 1. The first-order valence-electron chi connectivity index (χ1n) is 4.44. The van der Waals surface area contributed by atoms with Crippen molar-refractivity contribution < 1.29 is 9.90 Å². The molecule has 0 aromatic heterocycles. The Morgan fingerprint density at radius 1 is 1.46 bits per heavy atom. The third-order valence-electron chi connectivity index (χ3n) is 1.66. The van der Waals surface area contributed by atoms with Crippen molar-refractivity contribution in [2.75, 3.05) is 27.2 Å². The number of rotatable bonds is 5. The lowest BCUT2D eigenvalue weighted by molar-refractivity contribution is -0.123. The molecule has 0 radical (unpaired) electrons. The van der Waals surface area contributed by atoms with Crippen LogP contribution in [0.4, 0.5) is 0 Å². The summed E-state index contributed by atoms with van der Waals surface area (Å²) in [5.41, 5.74) is -0.511. The monoisotopic (exact) mass is 188 g/mol. The summed E-state index contributed by atoms with van der Waals surface area (Å²) in [4.78, 5) is 13.2. The van der Waals surface area contributed by atoms with E-state index >= 15 is 0 Å². The molecule has 0 saturated carbocycles. The van der Waals surface area contributed by atoms with Crippen molar-refractivity contribution in [2.24, 2.45) is 0 Å². The molecule has 0 aliphatic carbocycles. The lowest BCUT2D eigenvalue weighted by atomic mass is 10.1. The molecule has 4 heteroatoms. The Bertz CT molecular complexity index is 167. The lowest BCUT2D eigenvalue weighted by Crippen LogP contribution is -2.46. The van der Waals surface area contributed by atoms with E-state index in [4.69, 9.17) is 5.11 Å². The number of nitrogens with zero attached hydrogens (tertiary/aromatic N) is 1. The van der Waals surface area contributed by atoms with Crippen molar-refractivity contribution in [2.45, 2.75) is 25.8 Å². The van der Waals surface area contributed by atoms with Crippen LogP contribution in [0.1, 0.15) is 20.3 Å². The number of hydrogen-bond donors (Lipinski definition) is 2. The van der Waals surface area contributed by atoms with Crippen molar-refractivity contribution in [1.29, 1.82) is 0 Å². The Morgan fingerprint density at radius 3 is 2.38 bits per heavy atom. The quantitative estimate of drug-likeness (QED) is 0.629. The van der Waals surface area contributed by atoms with Crippen molar-refractivity contribution in [3.63, 3.8) is 0 Å². The number of amides is 1. The maximum absolute atomic E-state index is 11.3. The first-order chi connectivity index (χ1) is 5.87. The summed E-state index contributed by atoms with van der Waals surface area (Å²) >= 11 is 0. The van der Waals surface area contributed by atoms with E-state index in [0.717, 1.165) is 6.54 Å². The van der Waals surface area contributed by atoms with Gasteiger partial charge in [-0.3, -0.25) is 4.79 Å². The van der Waals surface area contributed by atoms with Crippen molar-refractivity contribution in [3.05, 3.63) is 0 Å². The number of carbonyl (C=O) groups is 1. The van der Waals surface area contributed by atoms with Gasteiger partial charge in [-0.15, -0.1) is 0 Å². The molecule has 0 atom stereocenters. The molecule has 0 aliphatic heterocycles. The average molecular weight is 188 g/mol. The number of aliphatic hydroxyl groups is 1. The Labute approximate surface area is 79.9 Å². The third-order valence-corrected chi connectivity index (χ3v) is 1.66. The molecule has 0 saturated heterocycles. The zero-order valence-electron chi connectivity index (χ0n) is 8.92. The largest absolute Gasteiger partial charge is 0.394 e. The number of hydrogen-bond acceptors (Lipinski definition) is 3. The van der Waals surface area contributed by atoms with Crippen molar-refractivity contribution >= 4 is 5.91 Å². The van der Waals surface area contributed by atoms with Crippen LogP contribution in [0.25, 0.3) is 0 Å². The summed E-state index contributed by atoms with van der Waals surface area (Å²) in [6.45, 7) is 4.27. The van der Waals surface area contributed by atoms with Crippen LogP contribution in [-0.4, -0.2) is 48.7 Å². The normalized spacial score (nSPS) is 11.8. The molecule has 1 amide bonds. The van der Waals surface area contributed by atoms with Crippen LogP contribution in [0.5, 0.6) is 0 Å². The van der Waals surface area contributed by atoms with Gasteiger partial charge in [0.1, 0.15) is 0 Å². The molecule has 4 nitrogen and oxygen atoms in total. The smallest absolute Gasteiger partial charge is 0.221 e. The van der Waals surface area contributed by atoms with Crippen LogP contribution in [0, 0.1) is 0 Å². The molecule has 0 fully saturated rings. The number of carbonyl (C=O) groups excluding carboxylic acids is 1. The van der Waals surface area contributed by atoms with E-state index in [9.17, 15) is 4.79 Å². The summed E-state index contributed by atoms with van der Waals surface area (Å²) in [7, 11) is 3.84. The molecular weight excluding hydrogens is 168 g/mol. The maximum Gasteiger partial charge on any atom is 0.221 e. The Morgan fingerprint density at radius 2 is 2.00 bits per heavy atom. The van der Waals surface area contributed by atoms with Gasteiger partial charge in [0.15, 0.2) is 0 Å². The highest BCUT2D eigenvalue weighted by atomic mass is 16.3. The Kier molecular flexibility index (Phi) is 4.95. The Balaban J connectivity index is 3.74. The third kappa shape index (κ3) is 6.54. The van der Waals surface area contributed by atoms with Crippen LogP contribution in [0.3, 0.4) is 0 Å². The topological polar surface area (TPSA) is 52.6 Å². The highest BCUT2D eigenvalue weighted by molar-refractivity contribution is 5.76. The zero-order chi connectivity index (χ0) is 10.5. The Hall–Kier alpha value is -0.610. The molecule has 78 valence electrons. The first kappa shape index (κ1) is 12.4. The fourth-order valence-corrected chi connectivity index (χ4v) is 0.805. The van der Waals surface area contributed by atoms with Gasteiger partial charge in [-0.25, -0.2) is 0 Å². The van der Waals surface area contributed by atoms with Gasteiger partial charge < -0.3 is 15.3 Å². The summed E-state index contributed by atoms with van der Waals surface area (Å²) in [5.74, 6) is -0.0206. The van der Waals surface area contributed by atoms with Gasteiger partial charge in [-0.1, -0.05) is 0 Å². The van der Waals surface area contributed by atoms with E-state index in [1.54, 1.807) is 13.8 Å². The molecule has 2 N–H and O–H groups in total. The second-order valence-electron chi connectivity index (χ2n) is 4.14. The summed E-state index contributed by atoms with van der Waals surface area (Å²) in [5, 5.41) is 11.6. The molecule has 0 aromatic carbocycles. The SMILES string of the molecule is CN(C)CCC(=O)NC(C)(C)CO. The molecule has 0 bridgehead atoms. The molecular formula is C9H20N2O2. The van der Waals surface area contributed by atoms with Crippen LogP contribution >= 0.6 is 0 Å². The van der Waals surface area contributed by atoms with E-state index in [0.29, 0.717) is 6.42 Å². The van der Waals surface area contributed by atoms with Crippen molar-refractivity contribution in [1.82, 2.24) is 10.2 Å². The van der Waals surface area contributed by atoms with E-state index in [1.807, 2.05) is 19.0 Å². The van der Waals surface area contributed by atoms with Crippen LogP contribution < -0.4 is 5.32 Å². The minimum absolute atomic E-state index is 0.0206. The van der Waals surface area contributed by atoms with Gasteiger partial charge >= 0.3 is 0 Å². The van der Waals surface area contributed by atoms with Crippen molar-refractivity contribution in [3.8, 4) is 0 Å². The standard InChI is InChI=1S/C9H20N2O2/c1-9(2,7-12)10-8(13)5-6-11(3)4/h12H,5-7H2,1-4H3,(H,10,13). The van der Waals surface area contributed by atoms with Gasteiger partial charge in [0.2, 0.25) is 5.91 Å². The molecule has 0 rings (SSSR count). The van der Waals surface area contributed by atoms with Gasteiger partial charge in [-0.05, 0) is 27.9 Å². The predicted octanol–water partition coefficient (Wildman–Crippen LogP) is -0.175. The van der Waals surface area contributed by atoms with Gasteiger partial charge in [-0.2, -0.15) is 0 Å². The minimum atomic E-state index is -0.511. The van der Waals surface area contributed by atoms with E-state index in [2.05, 4.69) is 5.32 Å². The molecule has 0 unspecified atom stereocenters. The summed E-state index contributed by atoms with van der Waals surface area (Å²) in [6, 6.07) is 0. The predicted molar refractivity (Wildman–Crippen MR) is 52.5 cm³/mol. The zero-order valence-corrected chi connectivity index (χ0v) is 8.92. The summed E-state index contributed by atoms with van der Waals surface area (Å²) < 4.78 is 0. The van der Waals surface area contributed by atoms with Crippen LogP contribution in [0.15, 0.2) is 0 Å². The van der Waals surface area contributed by atoms with Crippen LogP contribution in [0.2, 0.25) is 0 Å². The fraction of sp³-hybridized carbons (Fsp3) is 0.889.